The van der Waals surface area contributed by atoms with E-state index in [1.165, 1.54) is 6.42 Å². The zero-order valence-electron chi connectivity index (χ0n) is 14.5. The fourth-order valence-corrected chi connectivity index (χ4v) is 4.99. The van der Waals surface area contributed by atoms with Gasteiger partial charge >= 0.3 is 0 Å². The second kappa shape index (κ2) is 6.51. The molecule has 5 heteroatoms. The van der Waals surface area contributed by atoms with E-state index in [0.717, 1.165) is 50.8 Å². The Morgan fingerprint density at radius 1 is 1.29 bits per heavy atom. The number of likely N-dealkylation sites (tertiary alicyclic amines) is 1. The molecule has 3 fully saturated rings. The SMILES string of the molecule is CC1CCC(O)C(C2CCCCN2C(=O)[C@@H]2C[C@H]2c2cnc[nH]2)C1. The van der Waals surface area contributed by atoms with Gasteiger partial charge in [-0.25, -0.2) is 4.98 Å². The van der Waals surface area contributed by atoms with Gasteiger partial charge in [0.05, 0.1) is 12.4 Å². The lowest BCUT2D eigenvalue weighted by Crippen LogP contribution is -2.52. The molecule has 2 N–H and O–H groups in total. The predicted octanol–water partition coefficient (Wildman–Crippen LogP) is 2.69. The molecule has 0 aromatic carbocycles. The van der Waals surface area contributed by atoms with Gasteiger partial charge in [0, 0.05) is 42.2 Å². The van der Waals surface area contributed by atoms with Crippen molar-refractivity contribution in [2.24, 2.45) is 17.8 Å². The first-order valence-electron chi connectivity index (χ1n) is 9.62. The first-order valence-corrected chi connectivity index (χ1v) is 9.62. The summed E-state index contributed by atoms with van der Waals surface area (Å²) in [6, 6.07) is 0.243. The number of aliphatic hydroxyl groups excluding tert-OH is 1. The molecule has 4 rings (SSSR count). The summed E-state index contributed by atoms with van der Waals surface area (Å²) in [6.45, 7) is 3.15. The highest BCUT2D eigenvalue weighted by Gasteiger charge is 2.49. The summed E-state index contributed by atoms with van der Waals surface area (Å²) in [4.78, 5) is 22.5. The summed E-state index contributed by atoms with van der Waals surface area (Å²) in [5.41, 5.74) is 1.09. The minimum Gasteiger partial charge on any atom is -0.393 e. The normalized spacial score (nSPS) is 39.7. The van der Waals surface area contributed by atoms with Gasteiger partial charge in [0.15, 0.2) is 0 Å². The van der Waals surface area contributed by atoms with E-state index in [0.29, 0.717) is 17.7 Å². The number of carbonyl (C=O) groups is 1. The molecule has 2 saturated carbocycles. The molecule has 6 atom stereocenters. The van der Waals surface area contributed by atoms with Crippen LogP contribution in [-0.2, 0) is 4.79 Å². The Bertz CT molecular complexity index is 573. The van der Waals surface area contributed by atoms with Crippen molar-refractivity contribution in [1.29, 1.82) is 0 Å². The Labute approximate surface area is 143 Å². The van der Waals surface area contributed by atoms with E-state index in [2.05, 4.69) is 21.8 Å². The Morgan fingerprint density at radius 3 is 2.96 bits per heavy atom. The van der Waals surface area contributed by atoms with E-state index in [1.807, 2.05) is 6.20 Å². The number of imidazole rings is 1. The Kier molecular flexibility index (Phi) is 4.37. The monoisotopic (exact) mass is 331 g/mol. The quantitative estimate of drug-likeness (QED) is 0.895. The van der Waals surface area contributed by atoms with Crippen molar-refractivity contribution in [2.45, 2.75) is 69.9 Å². The number of hydrogen-bond acceptors (Lipinski definition) is 3. The molecule has 1 amide bonds. The van der Waals surface area contributed by atoms with E-state index in [-0.39, 0.29) is 24.0 Å². The largest absolute Gasteiger partial charge is 0.393 e. The van der Waals surface area contributed by atoms with Gasteiger partial charge in [0.2, 0.25) is 5.91 Å². The fraction of sp³-hybridized carbons (Fsp3) is 0.789. The highest BCUT2D eigenvalue weighted by atomic mass is 16.3. The van der Waals surface area contributed by atoms with Gasteiger partial charge in [-0.15, -0.1) is 0 Å². The Morgan fingerprint density at radius 2 is 2.17 bits per heavy atom. The first kappa shape index (κ1) is 16.1. The number of piperidine rings is 1. The van der Waals surface area contributed by atoms with Crippen molar-refractivity contribution >= 4 is 5.91 Å². The molecular weight excluding hydrogens is 302 g/mol. The number of hydrogen-bond donors (Lipinski definition) is 2. The number of H-pyrrole nitrogens is 1. The molecule has 132 valence electrons. The number of aliphatic hydroxyl groups is 1. The Hall–Kier alpha value is -1.36. The number of carbonyl (C=O) groups excluding carboxylic acids is 1. The lowest BCUT2D eigenvalue weighted by molar-refractivity contribution is -0.140. The zero-order chi connectivity index (χ0) is 16.7. The fourth-order valence-electron chi connectivity index (χ4n) is 4.99. The van der Waals surface area contributed by atoms with Gasteiger partial charge in [0.1, 0.15) is 0 Å². The van der Waals surface area contributed by atoms with Crippen molar-refractivity contribution in [3.05, 3.63) is 18.2 Å². The number of rotatable bonds is 3. The molecule has 4 unspecified atom stereocenters. The van der Waals surface area contributed by atoms with E-state index >= 15 is 0 Å². The number of amides is 1. The van der Waals surface area contributed by atoms with E-state index in [9.17, 15) is 9.90 Å². The molecular formula is C19H29N3O2. The van der Waals surface area contributed by atoms with Crippen LogP contribution in [0.4, 0.5) is 0 Å². The number of nitrogens with zero attached hydrogens (tertiary/aromatic N) is 2. The van der Waals surface area contributed by atoms with Gasteiger partial charge in [0.25, 0.3) is 0 Å². The van der Waals surface area contributed by atoms with Crippen LogP contribution in [0.2, 0.25) is 0 Å². The van der Waals surface area contributed by atoms with E-state index < -0.39 is 0 Å². The van der Waals surface area contributed by atoms with Crippen LogP contribution in [0.3, 0.4) is 0 Å². The smallest absolute Gasteiger partial charge is 0.226 e. The van der Waals surface area contributed by atoms with Crippen LogP contribution in [0.25, 0.3) is 0 Å². The van der Waals surface area contributed by atoms with Crippen LogP contribution < -0.4 is 0 Å². The maximum Gasteiger partial charge on any atom is 0.226 e. The van der Waals surface area contributed by atoms with Crippen LogP contribution in [0.5, 0.6) is 0 Å². The minimum absolute atomic E-state index is 0.115. The Balaban J connectivity index is 1.47. The molecule has 24 heavy (non-hydrogen) atoms. The second-order valence-corrected chi connectivity index (χ2v) is 8.20. The minimum atomic E-state index is -0.234. The third-order valence-electron chi connectivity index (χ3n) is 6.48. The summed E-state index contributed by atoms with van der Waals surface area (Å²) in [7, 11) is 0. The molecule has 0 spiro atoms. The summed E-state index contributed by atoms with van der Waals surface area (Å²) >= 11 is 0. The van der Waals surface area contributed by atoms with Crippen molar-refractivity contribution < 1.29 is 9.90 Å². The predicted molar refractivity (Wildman–Crippen MR) is 91.3 cm³/mol. The number of nitrogens with one attached hydrogen (secondary N) is 1. The molecule has 1 aliphatic heterocycles. The van der Waals surface area contributed by atoms with Gasteiger partial charge in [-0.1, -0.05) is 6.92 Å². The molecule has 1 aromatic heterocycles. The van der Waals surface area contributed by atoms with Crippen molar-refractivity contribution in [3.8, 4) is 0 Å². The first-order chi connectivity index (χ1) is 11.6. The lowest BCUT2D eigenvalue weighted by Gasteiger charge is -2.45. The van der Waals surface area contributed by atoms with Crippen LogP contribution in [0, 0.1) is 17.8 Å². The topological polar surface area (TPSA) is 69.2 Å². The summed E-state index contributed by atoms with van der Waals surface area (Å²) in [5.74, 6) is 1.67. The molecule has 1 aromatic rings. The van der Waals surface area contributed by atoms with Gasteiger partial charge in [-0.2, -0.15) is 0 Å². The molecule has 0 bridgehead atoms. The molecule has 3 aliphatic rings. The summed E-state index contributed by atoms with van der Waals surface area (Å²) < 4.78 is 0. The van der Waals surface area contributed by atoms with Gasteiger partial charge < -0.3 is 15.0 Å². The number of aromatic nitrogens is 2. The second-order valence-electron chi connectivity index (χ2n) is 8.20. The lowest BCUT2D eigenvalue weighted by atomic mass is 9.74. The van der Waals surface area contributed by atoms with Gasteiger partial charge in [-0.05, 0) is 50.9 Å². The average Bonchev–Trinajstić information content (AvgIpc) is 3.21. The van der Waals surface area contributed by atoms with Gasteiger partial charge in [-0.3, -0.25) is 4.79 Å². The highest BCUT2D eigenvalue weighted by Crippen LogP contribution is 2.49. The van der Waals surface area contributed by atoms with Crippen molar-refractivity contribution in [3.63, 3.8) is 0 Å². The highest BCUT2D eigenvalue weighted by molar-refractivity contribution is 5.83. The van der Waals surface area contributed by atoms with E-state index in [1.54, 1.807) is 6.33 Å². The van der Waals surface area contributed by atoms with Crippen LogP contribution in [-0.4, -0.2) is 44.6 Å². The molecule has 5 nitrogen and oxygen atoms in total. The van der Waals surface area contributed by atoms with Crippen molar-refractivity contribution in [1.82, 2.24) is 14.9 Å². The van der Waals surface area contributed by atoms with Crippen LogP contribution >= 0.6 is 0 Å². The molecule has 1 saturated heterocycles. The van der Waals surface area contributed by atoms with E-state index in [4.69, 9.17) is 0 Å². The summed E-state index contributed by atoms with van der Waals surface area (Å²) in [5, 5.41) is 10.5. The molecule has 2 heterocycles. The molecule has 2 aliphatic carbocycles. The third kappa shape index (κ3) is 2.99. The third-order valence-corrected chi connectivity index (χ3v) is 6.48. The maximum absolute atomic E-state index is 13.1. The average molecular weight is 331 g/mol. The summed E-state index contributed by atoms with van der Waals surface area (Å²) in [6.07, 6.45) is 10.6. The van der Waals surface area contributed by atoms with Crippen LogP contribution in [0.1, 0.15) is 63.5 Å². The number of aromatic amines is 1. The van der Waals surface area contributed by atoms with Crippen LogP contribution in [0.15, 0.2) is 12.5 Å². The zero-order valence-corrected chi connectivity index (χ0v) is 14.5. The maximum atomic E-state index is 13.1. The standard InChI is InChI=1S/C19H29N3O2/c1-12-5-6-18(23)15(8-12)17-4-2-3-7-22(17)19(24)14-9-13(14)16-10-20-11-21-16/h10-15,17-18,23H,2-9H2,1H3,(H,20,21)/t12?,13-,14-,15?,17?,18?/m1/s1. The molecule has 0 radical (unpaired) electrons. The van der Waals surface area contributed by atoms with Crippen molar-refractivity contribution in [2.75, 3.05) is 6.54 Å².